The zero-order valence-electron chi connectivity index (χ0n) is 15.8. The van der Waals surface area contributed by atoms with E-state index < -0.39 is 0 Å². The van der Waals surface area contributed by atoms with Gasteiger partial charge < -0.3 is 9.80 Å². The number of amides is 2. The molecule has 7 nitrogen and oxygen atoms in total. The number of para-hydroxylation sites is 1. The van der Waals surface area contributed by atoms with Crippen LogP contribution in [0.15, 0.2) is 42.7 Å². The molecule has 0 aliphatic carbocycles. The van der Waals surface area contributed by atoms with E-state index in [4.69, 9.17) is 0 Å². The highest BCUT2D eigenvalue weighted by Crippen LogP contribution is 2.35. The van der Waals surface area contributed by atoms with Crippen LogP contribution in [0.5, 0.6) is 0 Å². The minimum absolute atomic E-state index is 0.0206. The van der Waals surface area contributed by atoms with Gasteiger partial charge in [0.1, 0.15) is 6.54 Å². The summed E-state index contributed by atoms with van der Waals surface area (Å²) in [4.78, 5) is 31.1. The van der Waals surface area contributed by atoms with E-state index >= 15 is 0 Å². The lowest BCUT2D eigenvalue weighted by atomic mass is 9.91. The van der Waals surface area contributed by atoms with Gasteiger partial charge in [0, 0.05) is 51.1 Å². The highest BCUT2D eigenvalue weighted by atomic mass is 16.2. The number of hydrogen-bond acceptors (Lipinski definition) is 4. The van der Waals surface area contributed by atoms with E-state index in [0.717, 1.165) is 37.3 Å². The van der Waals surface area contributed by atoms with E-state index in [1.54, 1.807) is 16.5 Å². The third kappa shape index (κ3) is 3.35. The van der Waals surface area contributed by atoms with Crippen molar-refractivity contribution in [1.82, 2.24) is 19.6 Å². The molecule has 27 heavy (non-hydrogen) atoms. The van der Waals surface area contributed by atoms with Crippen molar-refractivity contribution < 1.29 is 9.59 Å². The van der Waals surface area contributed by atoms with Crippen LogP contribution in [-0.2, 0) is 23.2 Å². The molecule has 1 unspecified atom stereocenters. The normalized spacial score (nSPS) is 23.4. The number of nitrogens with zero attached hydrogens (tertiary/aromatic N) is 5. The number of likely N-dealkylation sites (tertiary alicyclic amines) is 1. The Bertz CT molecular complexity index is 849. The lowest BCUT2D eigenvalue weighted by molar-refractivity contribution is -0.142. The second kappa shape index (κ2) is 6.81. The number of benzene rings is 1. The van der Waals surface area contributed by atoms with Crippen molar-refractivity contribution in [3.8, 4) is 0 Å². The highest BCUT2D eigenvalue weighted by molar-refractivity contribution is 5.98. The van der Waals surface area contributed by atoms with Crippen LogP contribution in [0.4, 0.5) is 5.69 Å². The summed E-state index contributed by atoms with van der Waals surface area (Å²) >= 11 is 0. The summed E-state index contributed by atoms with van der Waals surface area (Å²) in [6.07, 6.45) is 4.77. The fourth-order valence-electron chi connectivity index (χ4n) is 4.38. The van der Waals surface area contributed by atoms with E-state index in [0.29, 0.717) is 6.54 Å². The average Bonchev–Trinajstić information content (AvgIpc) is 3.24. The zero-order valence-corrected chi connectivity index (χ0v) is 15.8. The molecule has 1 atom stereocenters. The smallest absolute Gasteiger partial charge is 0.246 e. The Kier molecular flexibility index (Phi) is 4.47. The average molecular weight is 367 g/mol. The first kappa shape index (κ1) is 17.7. The van der Waals surface area contributed by atoms with E-state index in [9.17, 15) is 9.59 Å². The van der Waals surface area contributed by atoms with Crippen molar-refractivity contribution in [2.45, 2.75) is 25.4 Å². The molecule has 2 aliphatic heterocycles. The largest absolute Gasteiger partial charge is 0.325 e. The van der Waals surface area contributed by atoms with Crippen LogP contribution in [0.2, 0.25) is 0 Å². The molecule has 0 N–H and O–H groups in total. The van der Waals surface area contributed by atoms with Crippen LogP contribution < -0.4 is 4.90 Å². The number of carbonyl (C=O) groups is 2. The molecular formula is C20H25N5O2. The Morgan fingerprint density at radius 3 is 2.67 bits per heavy atom. The Hall–Kier alpha value is -2.67. The molecule has 0 bridgehead atoms. The summed E-state index contributed by atoms with van der Waals surface area (Å²) in [6.45, 7) is 4.72. The van der Waals surface area contributed by atoms with Crippen LogP contribution in [0.1, 0.15) is 18.9 Å². The second-order valence-corrected chi connectivity index (χ2v) is 7.63. The summed E-state index contributed by atoms with van der Waals surface area (Å²) in [7, 11) is 1.91. The Balaban J connectivity index is 1.58. The Morgan fingerprint density at radius 1 is 1.22 bits per heavy atom. The van der Waals surface area contributed by atoms with Crippen molar-refractivity contribution in [3.63, 3.8) is 0 Å². The van der Waals surface area contributed by atoms with Gasteiger partial charge in [0.2, 0.25) is 11.8 Å². The van der Waals surface area contributed by atoms with Crippen molar-refractivity contribution in [1.29, 1.82) is 0 Å². The minimum Gasteiger partial charge on any atom is -0.325 e. The van der Waals surface area contributed by atoms with Gasteiger partial charge in [-0.3, -0.25) is 19.2 Å². The van der Waals surface area contributed by atoms with E-state index in [1.165, 1.54) is 0 Å². The third-order valence-electron chi connectivity index (χ3n) is 5.64. The maximum Gasteiger partial charge on any atom is 0.246 e. The number of anilines is 1. The van der Waals surface area contributed by atoms with Gasteiger partial charge in [-0.25, -0.2) is 0 Å². The van der Waals surface area contributed by atoms with Crippen molar-refractivity contribution >= 4 is 17.5 Å². The zero-order chi connectivity index (χ0) is 19.0. The van der Waals surface area contributed by atoms with Gasteiger partial charge >= 0.3 is 0 Å². The molecular weight excluding hydrogens is 342 g/mol. The van der Waals surface area contributed by atoms with Crippen molar-refractivity contribution in [3.05, 3.63) is 48.3 Å². The first-order chi connectivity index (χ1) is 13.0. The molecule has 0 radical (unpaired) electrons. The predicted molar refractivity (Wildman–Crippen MR) is 102 cm³/mol. The number of rotatable bonds is 3. The molecule has 1 aromatic carbocycles. The van der Waals surface area contributed by atoms with Gasteiger partial charge in [-0.2, -0.15) is 5.10 Å². The molecule has 2 fully saturated rings. The summed E-state index contributed by atoms with van der Waals surface area (Å²) < 4.78 is 1.81. The van der Waals surface area contributed by atoms with Gasteiger partial charge in [0.15, 0.2) is 0 Å². The molecule has 142 valence electrons. The fourth-order valence-corrected chi connectivity index (χ4v) is 4.38. The fraction of sp³-hybridized carbons (Fsp3) is 0.450. The van der Waals surface area contributed by atoms with Crippen LogP contribution >= 0.6 is 0 Å². The van der Waals surface area contributed by atoms with Gasteiger partial charge in [0.25, 0.3) is 0 Å². The standard InChI is InChI=1S/C20H25N5O2/c1-16(26)25-13-19(27)24(18-6-4-3-5-7-18)15-20(25)8-9-23(14-20)12-17-10-21-22(2)11-17/h3-7,10-11H,8-9,12-15H2,1-2H3. The van der Waals surface area contributed by atoms with Crippen LogP contribution in [0, 0.1) is 0 Å². The monoisotopic (exact) mass is 367 g/mol. The molecule has 3 heterocycles. The van der Waals surface area contributed by atoms with Gasteiger partial charge in [0.05, 0.1) is 18.3 Å². The molecule has 4 rings (SSSR count). The quantitative estimate of drug-likeness (QED) is 0.819. The molecule has 2 saturated heterocycles. The highest BCUT2D eigenvalue weighted by Gasteiger charge is 2.50. The molecule has 2 aromatic rings. The third-order valence-corrected chi connectivity index (χ3v) is 5.64. The molecule has 2 amide bonds. The first-order valence-electron chi connectivity index (χ1n) is 9.30. The first-order valence-corrected chi connectivity index (χ1v) is 9.30. The number of hydrogen-bond donors (Lipinski definition) is 0. The SMILES string of the molecule is CC(=O)N1CC(=O)N(c2ccccc2)CC12CCN(Cc1cnn(C)c1)C2. The predicted octanol–water partition coefficient (Wildman–Crippen LogP) is 1.26. The second-order valence-electron chi connectivity index (χ2n) is 7.63. The number of aryl methyl sites for hydroxylation is 1. The van der Waals surface area contributed by atoms with E-state index in [-0.39, 0.29) is 23.9 Å². The maximum absolute atomic E-state index is 12.7. The number of aromatic nitrogens is 2. The molecule has 1 aromatic heterocycles. The lowest BCUT2D eigenvalue weighted by Gasteiger charge is -2.48. The van der Waals surface area contributed by atoms with Gasteiger partial charge in [-0.15, -0.1) is 0 Å². The minimum atomic E-state index is -0.336. The van der Waals surface area contributed by atoms with Crippen molar-refractivity contribution in [2.75, 3.05) is 31.1 Å². The van der Waals surface area contributed by atoms with Crippen LogP contribution in [-0.4, -0.2) is 63.1 Å². The van der Waals surface area contributed by atoms with Crippen molar-refractivity contribution in [2.24, 2.45) is 7.05 Å². The molecule has 2 aliphatic rings. The summed E-state index contributed by atoms with van der Waals surface area (Å²) in [6, 6.07) is 9.74. The molecule has 0 saturated carbocycles. The number of piperazine rings is 1. The molecule has 1 spiro atoms. The lowest BCUT2D eigenvalue weighted by Crippen LogP contribution is -2.66. The Morgan fingerprint density at radius 2 is 2.00 bits per heavy atom. The summed E-state index contributed by atoms with van der Waals surface area (Å²) in [5.74, 6) is -0.0491. The van der Waals surface area contributed by atoms with Crippen LogP contribution in [0.25, 0.3) is 0 Å². The maximum atomic E-state index is 12.7. The van der Waals surface area contributed by atoms with Gasteiger partial charge in [-0.1, -0.05) is 18.2 Å². The molecule has 7 heteroatoms. The van der Waals surface area contributed by atoms with Gasteiger partial charge in [-0.05, 0) is 18.6 Å². The topological polar surface area (TPSA) is 61.7 Å². The summed E-state index contributed by atoms with van der Waals surface area (Å²) in [5.41, 5.74) is 1.73. The number of carbonyl (C=O) groups excluding carboxylic acids is 2. The van der Waals surface area contributed by atoms with E-state index in [2.05, 4.69) is 10.00 Å². The van der Waals surface area contributed by atoms with E-state index in [1.807, 2.05) is 54.7 Å². The summed E-state index contributed by atoms with van der Waals surface area (Å²) in [5, 5.41) is 4.24. The van der Waals surface area contributed by atoms with Crippen LogP contribution in [0.3, 0.4) is 0 Å². The Labute approximate surface area is 159 Å².